The van der Waals surface area contributed by atoms with E-state index in [-0.39, 0.29) is 6.03 Å². The van der Waals surface area contributed by atoms with Gasteiger partial charge in [0.2, 0.25) is 0 Å². The molecule has 7 nitrogen and oxygen atoms in total. The Balaban J connectivity index is 1.37. The highest BCUT2D eigenvalue weighted by molar-refractivity contribution is 7.98. The molecule has 3 aromatic rings. The molecule has 0 unspecified atom stereocenters. The number of nitrogens with one attached hydrogen (secondary N) is 3. The largest absolute Gasteiger partial charge is 0.356 e. The Hall–Kier alpha value is -3.26. The summed E-state index contributed by atoms with van der Waals surface area (Å²) in [6.07, 6.45) is 4.42. The van der Waals surface area contributed by atoms with Gasteiger partial charge in [-0.1, -0.05) is 6.07 Å². The van der Waals surface area contributed by atoms with E-state index in [0.29, 0.717) is 5.69 Å². The second kappa shape index (κ2) is 9.70. The second-order valence-corrected chi connectivity index (χ2v) is 8.25. The third-order valence-electron chi connectivity index (χ3n) is 5.00. The van der Waals surface area contributed by atoms with E-state index in [0.717, 1.165) is 46.8 Å². The summed E-state index contributed by atoms with van der Waals surface area (Å²) in [6.45, 7) is 3.99. The summed E-state index contributed by atoms with van der Waals surface area (Å²) >= 11 is 1.63. The van der Waals surface area contributed by atoms with Crippen molar-refractivity contribution < 1.29 is 4.79 Å². The van der Waals surface area contributed by atoms with Crippen molar-refractivity contribution in [3.8, 4) is 0 Å². The summed E-state index contributed by atoms with van der Waals surface area (Å²) < 4.78 is 0. The minimum Gasteiger partial charge on any atom is -0.356 e. The van der Waals surface area contributed by atoms with Gasteiger partial charge in [0.15, 0.2) is 0 Å². The topological polar surface area (TPSA) is 82.2 Å². The van der Waals surface area contributed by atoms with Gasteiger partial charge in [0.25, 0.3) is 0 Å². The van der Waals surface area contributed by atoms with Crippen LogP contribution in [0.2, 0.25) is 0 Å². The van der Waals surface area contributed by atoms with Gasteiger partial charge >= 0.3 is 6.03 Å². The highest BCUT2D eigenvalue weighted by Crippen LogP contribution is 2.24. The van der Waals surface area contributed by atoms with Crippen LogP contribution in [0.25, 0.3) is 0 Å². The molecule has 1 aliphatic heterocycles. The van der Waals surface area contributed by atoms with Gasteiger partial charge in [-0.3, -0.25) is 0 Å². The molecule has 2 amide bonds. The van der Waals surface area contributed by atoms with Crippen molar-refractivity contribution in [2.24, 2.45) is 0 Å². The molecule has 0 radical (unpaired) electrons. The lowest BCUT2D eigenvalue weighted by atomic mass is 10.2. The lowest BCUT2D eigenvalue weighted by molar-refractivity contribution is 0.262. The van der Waals surface area contributed by atoms with Crippen LogP contribution in [0.15, 0.2) is 59.5 Å². The number of thioether (sulfide) groups is 1. The average molecular weight is 435 g/mol. The molecule has 3 N–H and O–H groups in total. The van der Waals surface area contributed by atoms with Crippen LogP contribution in [-0.2, 0) is 0 Å². The van der Waals surface area contributed by atoms with E-state index in [9.17, 15) is 4.79 Å². The lowest BCUT2D eigenvalue weighted by Crippen LogP contribution is -2.20. The van der Waals surface area contributed by atoms with Crippen LogP contribution in [-0.4, -0.2) is 35.3 Å². The zero-order valence-electron chi connectivity index (χ0n) is 17.7. The summed E-state index contributed by atoms with van der Waals surface area (Å²) in [4.78, 5) is 24.8. The van der Waals surface area contributed by atoms with Gasteiger partial charge in [0.05, 0.1) is 0 Å². The average Bonchev–Trinajstić information content (AvgIpc) is 3.30. The number of nitrogens with zero attached hydrogens (tertiary/aromatic N) is 3. The van der Waals surface area contributed by atoms with E-state index in [2.05, 4.69) is 30.8 Å². The molecule has 4 rings (SSSR count). The molecule has 160 valence electrons. The zero-order chi connectivity index (χ0) is 21.6. The lowest BCUT2D eigenvalue weighted by Gasteiger charge is -2.18. The van der Waals surface area contributed by atoms with Crippen molar-refractivity contribution in [2.45, 2.75) is 24.7 Å². The molecule has 0 atom stereocenters. The van der Waals surface area contributed by atoms with E-state index in [1.54, 1.807) is 11.8 Å². The van der Waals surface area contributed by atoms with Crippen LogP contribution in [0.4, 0.5) is 33.5 Å². The number of benzene rings is 2. The third kappa shape index (κ3) is 5.67. The number of anilines is 5. The van der Waals surface area contributed by atoms with Crippen molar-refractivity contribution in [1.29, 1.82) is 0 Å². The first-order chi connectivity index (χ1) is 15.1. The second-order valence-electron chi connectivity index (χ2n) is 7.37. The fourth-order valence-electron chi connectivity index (χ4n) is 3.50. The Kier molecular flexibility index (Phi) is 6.57. The normalized spacial score (nSPS) is 13.2. The van der Waals surface area contributed by atoms with E-state index < -0.39 is 0 Å². The van der Waals surface area contributed by atoms with Gasteiger partial charge in [-0.25, -0.2) is 14.8 Å². The Morgan fingerprint density at radius 1 is 0.935 bits per heavy atom. The quantitative estimate of drug-likeness (QED) is 0.445. The molecule has 0 bridgehead atoms. The molecule has 0 spiro atoms. The number of amides is 2. The molecule has 0 saturated carbocycles. The number of aryl methyl sites for hydroxylation is 1. The third-order valence-corrected chi connectivity index (χ3v) is 5.72. The van der Waals surface area contributed by atoms with Crippen molar-refractivity contribution in [3.63, 3.8) is 0 Å². The number of hydrogen-bond donors (Lipinski definition) is 3. The summed E-state index contributed by atoms with van der Waals surface area (Å²) in [5.41, 5.74) is 2.36. The fourth-order valence-corrected chi connectivity index (χ4v) is 3.96. The molecular weight excluding hydrogens is 408 g/mol. The molecule has 1 fully saturated rings. The maximum Gasteiger partial charge on any atom is 0.323 e. The highest BCUT2D eigenvalue weighted by atomic mass is 32.2. The summed E-state index contributed by atoms with van der Waals surface area (Å²) in [5, 5.41) is 9.05. The number of aromatic nitrogens is 2. The maximum atomic E-state index is 12.3. The molecule has 31 heavy (non-hydrogen) atoms. The zero-order valence-corrected chi connectivity index (χ0v) is 18.5. The summed E-state index contributed by atoms with van der Waals surface area (Å²) in [6, 6.07) is 17.0. The van der Waals surface area contributed by atoms with Crippen LogP contribution in [0.1, 0.15) is 18.7 Å². The Morgan fingerprint density at radius 2 is 1.65 bits per heavy atom. The van der Waals surface area contributed by atoms with Crippen LogP contribution in [0.3, 0.4) is 0 Å². The van der Waals surface area contributed by atoms with Gasteiger partial charge < -0.3 is 20.9 Å². The highest BCUT2D eigenvalue weighted by Gasteiger charge is 2.15. The molecule has 0 aliphatic carbocycles. The van der Waals surface area contributed by atoms with Crippen molar-refractivity contribution >= 4 is 46.5 Å². The first-order valence-electron chi connectivity index (χ1n) is 10.3. The molecule has 1 aromatic heterocycles. The maximum absolute atomic E-state index is 12.3. The van der Waals surface area contributed by atoms with Gasteiger partial charge in [0.1, 0.15) is 17.5 Å². The predicted molar refractivity (Wildman–Crippen MR) is 129 cm³/mol. The number of carbonyl (C=O) groups is 1. The predicted octanol–water partition coefficient (Wildman–Crippen LogP) is 5.49. The first kappa shape index (κ1) is 21.0. The van der Waals surface area contributed by atoms with Gasteiger partial charge in [0, 0.05) is 41.1 Å². The minimum atomic E-state index is -0.277. The van der Waals surface area contributed by atoms with Crippen LogP contribution in [0, 0.1) is 6.92 Å². The van der Waals surface area contributed by atoms with Crippen molar-refractivity contribution in [3.05, 3.63) is 60.4 Å². The molecule has 8 heteroatoms. The van der Waals surface area contributed by atoms with Gasteiger partial charge in [-0.2, -0.15) is 0 Å². The molecule has 1 saturated heterocycles. The number of rotatable bonds is 6. The first-order valence-corrected chi connectivity index (χ1v) is 11.5. The van der Waals surface area contributed by atoms with Crippen LogP contribution < -0.4 is 20.9 Å². The smallest absolute Gasteiger partial charge is 0.323 e. The monoisotopic (exact) mass is 434 g/mol. The fraction of sp³-hybridized carbons (Fsp3) is 0.261. The van der Waals surface area contributed by atoms with E-state index in [4.69, 9.17) is 0 Å². The molecule has 2 heterocycles. The van der Waals surface area contributed by atoms with E-state index >= 15 is 0 Å². The van der Waals surface area contributed by atoms with Gasteiger partial charge in [-0.05, 0) is 68.5 Å². The van der Waals surface area contributed by atoms with Crippen molar-refractivity contribution in [1.82, 2.24) is 9.97 Å². The SMILES string of the molecule is CSc1cccc(NC(=O)Nc2ccc(Nc3cc(N4CCCC4)nc(C)n3)cc2)c1. The van der Waals surface area contributed by atoms with Crippen LogP contribution in [0.5, 0.6) is 0 Å². The summed E-state index contributed by atoms with van der Waals surface area (Å²) in [7, 11) is 0. The Labute approximate surface area is 186 Å². The molecule has 1 aliphatic rings. The minimum absolute atomic E-state index is 0.277. The number of carbonyl (C=O) groups excluding carboxylic acids is 1. The summed E-state index contributed by atoms with van der Waals surface area (Å²) in [5.74, 6) is 2.47. The number of urea groups is 1. The molecular formula is C23H26N6OS. The standard InChI is InChI=1S/C23H26N6OS/c1-16-24-21(15-22(25-16)29-12-3-4-13-29)26-17-8-10-18(11-9-17)27-23(30)28-19-6-5-7-20(14-19)31-2/h5-11,14-15H,3-4,12-13H2,1-2H3,(H,24,25,26)(H2,27,28,30). The molecule has 2 aromatic carbocycles. The van der Waals surface area contributed by atoms with E-state index in [1.165, 1.54) is 12.8 Å². The Bertz CT molecular complexity index is 1050. The van der Waals surface area contributed by atoms with Crippen LogP contribution >= 0.6 is 11.8 Å². The van der Waals surface area contributed by atoms with E-state index in [1.807, 2.05) is 67.8 Å². The number of hydrogen-bond acceptors (Lipinski definition) is 6. The Morgan fingerprint density at radius 3 is 2.39 bits per heavy atom. The van der Waals surface area contributed by atoms with Gasteiger partial charge in [-0.15, -0.1) is 11.8 Å². The van der Waals surface area contributed by atoms with Crippen molar-refractivity contribution in [2.75, 3.05) is 40.2 Å².